The van der Waals surface area contributed by atoms with Crippen LogP contribution in [0.5, 0.6) is 0 Å². The second-order valence-corrected chi connectivity index (χ2v) is 5.02. The molecule has 0 aromatic carbocycles. The van der Waals surface area contributed by atoms with Crippen LogP contribution in [0.4, 0.5) is 0 Å². The SMILES string of the molecule is CC1(C)CNCC(=O)N(C2CC2)C1.Cl. The highest BCUT2D eigenvalue weighted by molar-refractivity contribution is 5.85. The van der Waals surface area contributed by atoms with E-state index >= 15 is 0 Å². The molecule has 1 aliphatic heterocycles. The molecule has 1 aliphatic carbocycles. The molecule has 2 aliphatic rings. The molecule has 1 heterocycles. The van der Waals surface area contributed by atoms with Gasteiger partial charge in [-0.25, -0.2) is 0 Å². The van der Waals surface area contributed by atoms with E-state index in [1.807, 2.05) is 0 Å². The lowest BCUT2D eigenvalue weighted by Crippen LogP contribution is -2.39. The summed E-state index contributed by atoms with van der Waals surface area (Å²) in [6.45, 7) is 6.83. The second-order valence-electron chi connectivity index (χ2n) is 5.02. The maximum atomic E-state index is 11.6. The molecule has 2 fully saturated rings. The van der Waals surface area contributed by atoms with Crippen molar-refractivity contribution < 1.29 is 4.79 Å². The van der Waals surface area contributed by atoms with E-state index in [1.54, 1.807) is 0 Å². The average molecular weight is 219 g/mol. The number of halogens is 1. The molecule has 1 N–H and O–H groups in total. The minimum atomic E-state index is 0. The minimum Gasteiger partial charge on any atom is -0.338 e. The first-order chi connectivity index (χ1) is 6.08. The van der Waals surface area contributed by atoms with E-state index in [1.165, 1.54) is 12.8 Å². The summed E-state index contributed by atoms with van der Waals surface area (Å²) in [7, 11) is 0. The van der Waals surface area contributed by atoms with Gasteiger partial charge in [0.2, 0.25) is 5.91 Å². The van der Waals surface area contributed by atoms with Crippen LogP contribution >= 0.6 is 12.4 Å². The zero-order valence-electron chi connectivity index (χ0n) is 8.88. The average Bonchev–Trinajstić information content (AvgIpc) is 2.80. The summed E-state index contributed by atoms with van der Waals surface area (Å²) in [5, 5.41) is 3.21. The molecule has 0 aromatic rings. The van der Waals surface area contributed by atoms with Crippen LogP contribution in [-0.4, -0.2) is 36.5 Å². The highest BCUT2D eigenvalue weighted by atomic mass is 35.5. The van der Waals surface area contributed by atoms with Crippen molar-refractivity contribution in [3.05, 3.63) is 0 Å². The Morgan fingerprint density at radius 1 is 1.43 bits per heavy atom. The van der Waals surface area contributed by atoms with Gasteiger partial charge < -0.3 is 10.2 Å². The van der Waals surface area contributed by atoms with E-state index in [2.05, 4.69) is 24.1 Å². The summed E-state index contributed by atoms with van der Waals surface area (Å²) < 4.78 is 0. The summed E-state index contributed by atoms with van der Waals surface area (Å²) in [6, 6.07) is 0.562. The first kappa shape index (κ1) is 11.8. The summed E-state index contributed by atoms with van der Waals surface area (Å²) in [6.07, 6.45) is 2.42. The van der Waals surface area contributed by atoms with Crippen LogP contribution in [0.1, 0.15) is 26.7 Å². The maximum absolute atomic E-state index is 11.6. The van der Waals surface area contributed by atoms with Crippen LogP contribution in [0, 0.1) is 5.41 Å². The molecule has 0 unspecified atom stereocenters. The number of amides is 1. The lowest BCUT2D eigenvalue weighted by molar-refractivity contribution is -0.130. The second kappa shape index (κ2) is 4.07. The molecule has 1 saturated carbocycles. The Morgan fingerprint density at radius 3 is 2.64 bits per heavy atom. The van der Waals surface area contributed by atoms with Crippen molar-refractivity contribution in [1.29, 1.82) is 0 Å². The number of carbonyl (C=O) groups excluding carboxylic acids is 1. The van der Waals surface area contributed by atoms with Crippen LogP contribution in [0.2, 0.25) is 0 Å². The molecular weight excluding hydrogens is 200 g/mol. The van der Waals surface area contributed by atoms with E-state index in [0.29, 0.717) is 12.6 Å². The van der Waals surface area contributed by atoms with Gasteiger partial charge in [0.15, 0.2) is 0 Å². The highest BCUT2D eigenvalue weighted by Crippen LogP contribution is 2.30. The monoisotopic (exact) mass is 218 g/mol. The van der Waals surface area contributed by atoms with Crippen molar-refractivity contribution in [3.8, 4) is 0 Å². The van der Waals surface area contributed by atoms with Gasteiger partial charge in [-0.05, 0) is 18.3 Å². The number of rotatable bonds is 1. The van der Waals surface area contributed by atoms with E-state index in [4.69, 9.17) is 0 Å². The van der Waals surface area contributed by atoms with Gasteiger partial charge in [0.25, 0.3) is 0 Å². The third-order valence-corrected chi connectivity index (χ3v) is 2.79. The molecule has 0 atom stereocenters. The molecule has 0 bridgehead atoms. The number of nitrogens with one attached hydrogen (secondary N) is 1. The van der Waals surface area contributed by atoms with Crippen molar-refractivity contribution in [2.45, 2.75) is 32.7 Å². The number of nitrogens with zero attached hydrogens (tertiary/aromatic N) is 1. The first-order valence-corrected chi connectivity index (χ1v) is 5.09. The van der Waals surface area contributed by atoms with Gasteiger partial charge in [0.05, 0.1) is 6.54 Å². The van der Waals surface area contributed by atoms with Gasteiger partial charge in [-0.2, -0.15) is 0 Å². The topological polar surface area (TPSA) is 32.3 Å². The molecule has 1 amide bonds. The van der Waals surface area contributed by atoms with E-state index in [9.17, 15) is 4.79 Å². The number of carbonyl (C=O) groups is 1. The molecule has 14 heavy (non-hydrogen) atoms. The van der Waals surface area contributed by atoms with E-state index in [-0.39, 0.29) is 23.7 Å². The molecular formula is C10H19ClN2O. The van der Waals surface area contributed by atoms with Gasteiger partial charge >= 0.3 is 0 Å². The zero-order valence-corrected chi connectivity index (χ0v) is 9.69. The standard InChI is InChI=1S/C10H18N2O.ClH/c1-10(2)6-11-5-9(13)12(7-10)8-3-4-8;/h8,11H,3-7H2,1-2H3;1H. The van der Waals surface area contributed by atoms with Crippen molar-refractivity contribution in [3.63, 3.8) is 0 Å². The Bertz CT molecular complexity index is 226. The van der Waals surface area contributed by atoms with Crippen molar-refractivity contribution >= 4 is 18.3 Å². The number of hydrogen-bond donors (Lipinski definition) is 1. The van der Waals surface area contributed by atoms with Crippen LogP contribution in [0.15, 0.2) is 0 Å². The van der Waals surface area contributed by atoms with Gasteiger partial charge in [0, 0.05) is 19.1 Å². The molecule has 82 valence electrons. The minimum absolute atomic E-state index is 0. The summed E-state index contributed by atoms with van der Waals surface area (Å²) >= 11 is 0. The Balaban J connectivity index is 0.000000980. The van der Waals surface area contributed by atoms with Crippen LogP contribution < -0.4 is 5.32 Å². The fourth-order valence-electron chi connectivity index (χ4n) is 1.93. The lowest BCUT2D eigenvalue weighted by atomic mass is 9.93. The van der Waals surface area contributed by atoms with Crippen LogP contribution in [-0.2, 0) is 4.79 Å². The Morgan fingerprint density at radius 2 is 2.07 bits per heavy atom. The van der Waals surface area contributed by atoms with Crippen LogP contribution in [0.25, 0.3) is 0 Å². The predicted octanol–water partition coefficient (Wildman–Crippen LogP) is 1.03. The normalized spacial score (nSPS) is 26.7. The van der Waals surface area contributed by atoms with Crippen molar-refractivity contribution in [1.82, 2.24) is 10.2 Å². The van der Waals surface area contributed by atoms with Crippen molar-refractivity contribution in [2.75, 3.05) is 19.6 Å². The van der Waals surface area contributed by atoms with Gasteiger partial charge in [0.1, 0.15) is 0 Å². The van der Waals surface area contributed by atoms with Gasteiger partial charge in [-0.1, -0.05) is 13.8 Å². The maximum Gasteiger partial charge on any atom is 0.236 e. The molecule has 0 radical (unpaired) electrons. The van der Waals surface area contributed by atoms with Gasteiger partial charge in [-0.15, -0.1) is 12.4 Å². The Kier molecular flexibility index (Phi) is 3.43. The molecule has 4 heteroatoms. The number of hydrogen-bond acceptors (Lipinski definition) is 2. The molecule has 2 rings (SSSR count). The first-order valence-electron chi connectivity index (χ1n) is 5.09. The smallest absolute Gasteiger partial charge is 0.236 e. The van der Waals surface area contributed by atoms with E-state index in [0.717, 1.165) is 13.1 Å². The summed E-state index contributed by atoms with van der Waals surface area (Å²) in [5.41, 5.74) is 0.231. The predicted molar refractivity (Wildman–Crippen MR) is 58.6 cm³/mol. The molecule has 0 aromatic heterocycles. The lowest BCUT2D eigenvalue weighted by Gasteiger charge is -2.29. The zero-order chi connectivity index (χ0) is 9.47. The summed E-state index contributed by atoms with van der Waals surface area (Å²) in [5.74, 6) is 0.285. The van der Waals surface area contributed by atoms with Crippen molar-refractivity contribution in [2.24, 2.45) is 5.41 Å². The van der Waals surface area contributed by atoms with Crippen LogP contribution in [0.3, 0.4) is 0 Å². The quantitative estimate of drug-likeness (QED) is 0.713. The highest BCUT2D eigenvalue weighted by Gasteiger charge is 2.37. The van der Waals surface area contributed by atoms with E-state index < -0.39 is 0 Å². The summed E-state index contributed by atoms with van der Waals surface area (Å²) in [4.78, 5) is 13.7. The molecule has 0 spiro atoms. The third-order valence-electron chi connectivity index (χ3n) is 2.79. The molecule has 1 saturated heterocycles. The fourth-order valence-corrected chi connectivity index (χ4v) is 1.93. The third kappa shape index (κ3) is 2.61. The fraction of sp³-hybridized carbons (Fsp3) is 0.900. The molecule has 3 nitrogen and oxygen atoms in total. The Hall–Kier alpha value is -0.280. The largest absolute Gasteiger partial charge is 0.338 e. The Labute approximate surface area is 91.6 Å². The van der Waals surface area contributed by atoms with Gasteiger partial charge in [-0.3, -0.25) is 4.79 Å².